The van der Waals surface area contributed by atoms with Gasteiger partial charge in [0.1, 0.15) is 23.0 Å². The van der Waals surface area contributed by atoms with Crippen LogP contribution in [0.1, 0.15) is 75.8 Å². The van der Waals surface area contributed by atoms with Crippen LogP contribution in [0.5, 0.6) is 17.2 Å². The maximum atomic E-state index is 13.6. The van der Waals surface area contributed by atoms with E-state index in [1.807, 2.05) is 0 Å². The van der Waals surface area contributed by atoms with E-state index in [0.717, 1.165) is 0 Å². The molecular formula is C27H30ClNO9. The molecule has 3 aliphatic rings. The van der Waals surface area contributed by atoms with Crippen LogP contribution in [0.15, 0.2) is 18.2 Å². The van der Waals surface area contributed by atoms with Crippen molar-refractivity contribution < 1.29 is 43.9 Å². The number of fused-ring (bicyclic) bond motifs is 3. The van der Waals surface area contributed by atoms with Crippen molar-refractivity contribution in [2.45, 2.75) is 63.8 Å². The second-order valence-electron chi connectivity index (χ2n) is 9.91. The molecule has 0 radical (unpaired) electrons. The van der Waals surface area contributed by atoms with E-state index in [-0.39, 0.29) is 76.6 Å². The van der Waals surface area contributed by atoms with E-state index in [9.17, 15) is 29.7 Å². The van der Waals surface area contributed by atoms with E-state index in [1.54, 1.807) is 13.0 Å². The molecule has 0 saturated carbocycles. The first-order valence-electron chi connectivity index (χ1n) is 12.2. The summed E-state index contributed by atoms with van der Waals surface area (Å²) in [6.07, 6.45) is -2.95. The molecule has 2 aromatic rings. The SMILES string of the molecule is COc1cccc2c1C(=O)c1c(O)c3c(c(O)c1C2=O)C[C@@H](C(C)=O)C[C@@H]3O[C@H]1C[C@H](N)[C@H](O)[C@H](C)O1.Cl. The van der Waals surface area contributed by atoms with Gasteiger partial charge in [0.05, 0.1) is 42.1 Å². The van der Waals surface area contributed by atoms with Crippen molar-refractivity contribution in [2.75, 3.05) is 7.11 Å². The summed E-state index contributed by atoms with van der Waals surface area (Å²) in [7, 11) is 1.37. The number of Topliss-reactive ketones (excluding diaryl/α,β-unsaturated/α-hetero) is 1. The molecule has 2 aliphatic carbocycles. The average molecular weight is 548 g/mol. The van der Waals surface area contributed by atoms with Crippen molar-refractivity contribution in [3.8, 4) is 17.2 Å². The highest BCUT2D eigenvalue weighted by Gasteiger charge is 2.44. The molecule has 0 aromatic heterocycles. The van der Waals surface area contributed by atoms with Crippen LogP contribution in [0.2, 0.25) is 0 Å². The Morgan fingerprint density at radius 2 is 1.76 bits per heavy atom. The monoisotopic (exact) mass is 547 g/mol. The highest BCUT2D eigenvalue weighted by Crippen LogP contribution is 2.51. The molecule has 1 saturated heterocycles. The molecule has 1 heterocycles. The number of carbonyl (C=O) groups is 3. The minimum Gasteiger partial charge on any atom is -0.507 e. The topological polar surface area (TPSA) is 166 Å². The minimum atomic E-state index is -0.949. The van der Waals surface area contributed by atoms with Crippen LogP contribution in [-0.2, 0) is 20.7 Å². The summed E-state index contributed by atoms with van der Waals surface area (Å²) >= 11 is 0. The number of aliphatic hydroxyl groups excluding tert-OH is 1. The second kappa shape index (κ2) is 10.3. The number of phenols is 2. The zero-order valence-corrected chi connectivity index (χ0v) is 21.9. The van der Waals surface area contributed by atoms with Gasteiger partial charge in [-0.05, 0) is 32.8 Å². The Kier molecular flexibility index (Phi) is 7.57. The highest BCUT2D eigenvalue weighted by molar-refractivity contribution is 6.31. The van der Waals surface area contributed by atoms with Crippen LogP contribution in [0.3, 0.4) is 0 Å². The van der Waals surface area contributed by atoms with Crippen LogP contribution < -0.4 is 10.5 Å². The molecule has 38 heavy (non-hydrogen) atoms. The van der Waals surface area contributed by atoms with Crippen LogP contribution >= 0.6 is 12.4 Å². The summed E-state index contributed by atoms with van der Waals surface area (Å²) in [5, 5.41) is 32.9. The van der Waals surface area contributed by atoms with Gasteiger partial charge in [0.2, 0.25) is 5.78 Å². The predicted molar refractivity (Wildman–Crippen MR) is 136 cm³/mol. The third kappa shape index (κ3) is 4.26. The number of carbonyl (C=O) groups excluding carboxylic acids is 3. The molecule has 0 amide bonds. The van der Waals surface area contributed by atoms with E-state index < -0.39 is 59.6 Å². The van der Waals surface area contributed by atoms with E-state index in [4.69, 9.17) is 19.9 Å². The van der Waals surface area contributed by atoms with Crippen LogP contribution in [-0.4, -0.2) is 64.3 Å². The van der Waals surface area contributed by atoms with Gasteiger partial charge < -0.3 is 35.3 Å². The third-order valence-corrected chi connectivity index (χ3v) is 7.67. The Labute approximate surface area is 225 Å². The number of ketones is 3. The number of benzene rings is 2. The van der Waals surface area contributed by atoms with Gasteiger partial charge in [-0.25, -0.2) is 0 Å². The number of aromatic hydroxyl groups is 2. The molecule has 0 bridgehead atoms. The lowest BCUT2D eigenvalue weighted by atomic mass is 9.74. The molecule has 0 spiro atoms. The number of nitrogens with two attached hydrogens (primary N) is 1. The zero-order valence-electron chi connectivity index (χ0n) is 21.1. The van der Waals surface area contributed by atoms with Crippen molar-refractivity contribution in [2.24, 2.45) is 11.7 Å². The minimum absolute atomic E-state index is 0. The van der Waals surface area contributed by atoms with Gasteiger partial charge in [-0.3, -0.25) is 14.4 Å². The number of rotatable bonds is 4. The van der Waals surface area contributed by atoms with E-state index in [1.165, 1.54) is 26.2 Å². The molecular weight excluding hydrogens is 518 g/mol. The normalized spacial score (nSPS) is 28.0. The van der Waals surface area contributed by atoms with Crippen molar-refractivity contribution >= 4 is 29.8 Å². The second-order valence-corrected chi connectivity index (χ2v) is 9.91. The summed E-state index contributed by atoms with van der Waals surface area (Å²) in [6, 6.07) is 3.94. The Balaban J connectivity index is 0.00000336. The lowest BCUT2D eigenvalue weighted by Crippen LogP contribution is -2.52. The summed E-state index contributed by atoms with van der Waals surface area (Å²) in [4.78, 5) is 39.5. The standard InChI is InChI=1S/C27H29NO9.ClH/c1-10(29)12-7-14-20(17(8-12)37-18-9-15(28)23(30)11(2)36-18)27(34)22-21(25(14)32)24(31)13-5-4-6-16(35-3)19(13)26(22)33;/h4-6,11-12,15,17-18,23,30,32,34H,7-9,28H2,1-3H3;1H/t11-,12+,15-,17-,18-,23+;/m0./s1. The van der Waals surface area contributed by atoms with Crippen molar-refractivity contribution in [3.05, 3.63) is 51.6 Å². The quantitative estimate of drug-likeness (QED) is 0.356. The fourth-order valence-electron chi connectivity index (χ4n) is 5.67. The van der Waals surface area contributed by atoms with E-state index in [2.05, 4.69) is 0 Å². The molecule has 0 unspecified atom stereocenters. The van der Waals surface area contributed by atoms with E-state index in [0.29, 0.717) is 0 Å². The van der Waals surface area contributed by atoms with Gasteiger partial charge in [0, 0.05) is 35.1 Å². The number of ether oxygens (including phenoxy) is 3. The third-order valence-electron chi connectivity index (χ3n) is 7.67. The molecule has 5 N–H and O–H groups in total. The molecule has 5 rings (SSSR count). The first kappa shape index (κ1) is 28.0. The Morgan fingerprint density at radius 1 is 1.08 bits per heavy atom. The smallest absolute Gasteiger partial charge is 0.202 e. The van der Waals surface area contributed by atoms with Crippen LogP contribution in [0.25, 0.3) is 0 Å². The van der Waals surface area contributed by atoms with E-state index >= 15 is 0 Å². The Bertz CT molecular complexity index is 1310. The summed E-state index contributed by atoms with van der Waals surface area (Å²) in [5.74, 6) is -2.80. The molecule has 204 valence electrons. The summed E-state index contributed by atoms with van der Waals surface area (Å²) in [5.41, 5.74) is 5.75. The molecule has 11 heteroatoms. The first-order valence-corrected chi connectivity index (χ1v) is 12.2. The molecule has 10 nitrogen and oxygen atoms in total. The lowest BCUT2D eigenvalue weighted by Gasteiger charge is -2.40. The average Bonchev–Trinajstić information content (AvgIpc) is 2.86. The van der Waals surface area contributed by atoms with Gasteiger partial charge in [0.15, 0.2) is 12.1 Å². The summed E-state index contributed by atoms with van der Waals surface area (Å²) in [6.45, 7) is 3.08. The van der Waals surface area contributed by atoms with Crippen LogP contribution in [0, 0.1) is 5.92 Å². The molecule has 2 aromatic carbocycles. The van der Waals surface area contributed by atoms with Gasteiger partial charge in [-0.15, -0.1) is 12.4 Å². The van der Waals surface area contributed by atoms with Gasteiger partial charge in [-0.2, -0.15) is 0 Å². The fraction of sp³-hybridized carbons (Fsp3) is 0.444. The number of halogens is 1. The molecule has 1 fully saturated rings. The fourth-order valence-corrected chi connectivity index (χ4v) is 5.67. The van der Waals surface area contributed by atoms with Crippen molar-refractivity contribution in [1.82, 2.24) is 0 Å². The lowest BCUT2D eigenvalue weighted by molar-refractivity contribution is -0.243. The number of aliphatic hydroxyl groups is 1. The number of hydrogen-bond acceptors (Lipinski definition) is 10. The van der Waals surface area contributed by atoms with Crippen molar-refractivity contribution in [1.29, 1.82) is 0 Å². The Morgan fingerprint density at radius 3 is 2.39 bits per heavy atom. The predicted octanol–water partition coefficient (Wildman–Crippen LogP) is 2.34. The van der Waals surface area contributed by atoms with Gasteiger partial charge in [-0.1, -0.05) is 12.1 Å². The molecule has 1 aliphatic heterocycles. The number of phenolic OH excluding ortho intramolecular Hbond substituents is 2. The van der Waals surface area contributed by atoms with Gasteiger partial charge >= 0.3 is 0 Å². The Hall–Kier alpha value is -3.02. The highest BCUT2D eigenvalue weighted by atomic mass is 35.5. The number of methoxy groups -OCH3 is 1. The zero-order chi connectivity index (χ0) is 26.8. The van der Waals surface area contributed by atoms with Crippen LogP contribution in [0.4, 0.5) is 0 Å². The maximum Gasteiger partial charge on any atom is 0.202 e. The maximum absolute atomic E-state index is 13.6. The summed E-state index contributed by atoms with van der Waals surface area (Å²) < 4.78 is 17.2. The van der Waals surface area contributed by atoms with Gasteiger partial charge in [0.25, 0.3) is 0 Å². The molecule has 6 atom stereocenters. The van der Waals surface area contributed by atoms with Crippen molar-refractivity contribution in [3.63, 3.8) is 0 Å². The first-order chi connectivity index (χ1) is 17.5. The number of hydrogen-bond donors (Lipinski definition) is 4. The largest absolute Gasteiger partial charge is 0.507 e.